The van der Waals surface area contributed by atoms with Crippen molar-refractivity contribution in [1.82, 2.24) is 14.8 Å². The summed E-state index contributed by atoms with van der Waals surface area (Å²) < 4.78 is 0. The van der Waals surface area contributed by atoms with Crippen LogP contribution in [-0.2, 0) is 0 Å². The lowest BCUT2D eigenvalue weighted by Gasteiger charge is -2.25. The number of hydrogen-bond donors (Lipinski definition) is 1. The molecule has 5 heteroatoms. The van der Waals surface area contributed by atoms with Crippen LogP contribution in [0.4, 0.5) is 5.82 Å². The van der Waals surface area contributed by atoms with Gasteiger partial charge in [-0.15, -0.1) is 0 Å². The number of hydrogen-bond acceptors (Lipinski definition) is 4. The van der Waals surface area contributed by atoms with Crippen molar-refractivity contribution < 1.29 is 4.79 Å². The van der Waals surface area contributed by atoms with Gasteiger partial charge < -0.3 is 15.1 Å². The van der Waals surface area contributed by atoms with Gasteiger partial charge in [0.2, 0.25) is 0 Å². The largest absolute Gasteiger partial charge is 0.370 e. The Balaban J connectivity index is 1.95. The van der Waals surface area contributed by atoms with Gasteiger partial charge >= 0.3 is 0 Å². The van der Waals surface area contributed by atoms with Gasteiger partial charge in [-0.2, -0.15) is 0 Å². The van der Waals surface area contributed by atoms with Gasteiger partial charge in [-0.3, -0.25) is 4.79 Å². The van der Waals surface area contributed by atoms with E-state index in [9.17, 15) is 4.79 Å². The highest BCUT2D eigenvalue weighted by molar-refractivity contribution is 5.93. The molecule has 1 amide bonds. The van der Waals surface area contributed by atoms with E-state index in [0.717, 1.165) is 25.5 Å². The van der Waals surface area contributed by atoms with E-state index in [4.69, 9.17) is 0 Å². The van der Waals surface area contributed by atoms with E-state index in [0.29, 0.717) is 11.6 Å². The molecule has 0 spiro atoms. The summed E-state index contributed by atoms with van der Waals surface area (Å²) in [6.07, 6.45) is 4.04. The van der Waals surface area contributed by atoms with Gasteiger partial charge in [-0.05, 0) is 45.5 Å². The lowest BCUT2D eigenvalue weighted by atomic mass is 10.2. The first-order chi connectivity index (χ1) is 9.61. The maximum atomic E-state index is 12.4. The first-order valence-corrected chi connectivity index (χ1v) is 7.27. The number of nitrogens with one attached hydrogen (secondary N) is 1. The highest BCUT2D eigenvalue weighted by atomic mass is 16.2. The van der Waals surface area contributed by atoms with Crippen molar-refractivity contribution in [2.45, 2.75) is 25.8 Å². The molecular formula is C15H24N4O. The number of likely N-dealkylation sites (tertiary alicyclic amines) is 1. The van der Waals surface area contributed by atoms with Crippen LogP contribution in [0.25, 0.3) is 0 Å². The molecule has 110 valence electrons. The maximum Gasteiger partial charge on any atom is 0.255 e. The molecule has 1 aromatic heterocycles. The molecule has 1 fully saturated rings. The standard InChI is InChI=1S/C15H24N4O/c1-4-16-14-8-7-12(10-17-14)15(20)19(3)11-13-6-5-9-18(13)2/h7-8,10,13H,4-6,9,11H2,1-3H3,(H,16,17). The maximum absolute atomic E-state index is 12.4. The van der Waals surface area contributed by atoms with Gasteiger partial charge in [0.05, 0.1) is 5.56 Å². The summed E-state index contributed by atoms with van der Waals surface area (Å²) in [7, 11) is 4.00. The van der Waals surface area contributed by atoms with Crippen molar-refractivity contribution in [3.05, 3.63) is 23.9 Å². The number of anilines is 1. The molecule has 1 aliphatic rings. The van der Waals surface area contributed by atoms with Crippen molar-refractivity contribution >= 4 is 11.7 Å². The number of likely N-dealkylation sites (N-methyl/N-ethyl adjacent to an activating group) is 2. The minimum absolute atomic E-state index is 0.0425. The topological polar surface area (TPSA) is 48.5 Å². The van der Waals surface area contributed by atoms with E-state index in [-0.39, 0.29) is 5.91 Å². The van der Waals surface area contributed by atoms with Crippen LogP contribution in [-0.4, -0.2) is 60.5 Å². The van der Waals surface area contributed by atoms with Crippen LogP contribution in [0, 0.1) is 0 Å². The van der Waals surface area contributed by atoms with Gasteiger partial charge in [0, 0.05) is 32.4 Å². The minimum atomic E-state index is 0.0425. The van der Waals surface area contributed by atoms with E-state index < -0.39 is 0 Å². The third-order valence-electron chi connectivity index (χ3n) is 3.87. The van der Waals surface area contributed by atoms with E-state index in [2.05, 4.69) is 22.2 Å². The van der Waals surface area contributed by atoms with Crippen LogP contribution in [0.3, 0.4) is 0 Å². The summed E-state index contributed by atoms with van der Waals surface area (Å²) in [5, 5.41) is 3.12. The Hall–Kier alpha value is -1.62. The molecule has 1 N–H and O–H groups in total. The molecule has 0 saturated carbocycles. The zero-order valence-electron chi connectivity index (χ0n) is 12.6. The summed E-state index contributed by atoms with van der Waals surface area (Å²) in [5.74, 6) is 0.850. The second-order valence-electron chi connectivity index (χ2n) is 5.42. The Morgan fingerprint density at radius 1 is 1.55 bits per heavy atom. The molecule has 1 atom stereocenters. The van der Waals surface area contributed by atoms with Gasteiger partial charge in [-0.1, -0.05) is 0 Å². The van der Waals surface area contributed by atoms with Crippen LogP contribution in [0.15, 0.2) is 18.3 Å². The Bertz CT molecular complexity index is 446. The number of carbonyl (C=O) groups excluding carboxylic acids is 1. The SMILES string of the molecule is CCNc1ccc(C(=O)N(C)CC2CCCN2C)cn1. The lowest BCUT2D eigenvalue weighted by molar-refractivity contribution is 0.0761. The van der Waals surface area contributed by atoms with E-state index in [1.807, 2.05) is 26.1 Å². The van der Waals surface area contributed by atoms with Crippen molar-refractivity contribution in [3.8, 4) is 0 Å². The molecule has 1 aromatic rings. The zero-order valence-corrected chi connectivity index (χ0v) is 12.6. The van der Waals surface area contributed by atoms with Crippen LogP contribution in [0.5, 0.6) is 0 Å². The van der Waals surface area contributed by atoms with Gasteiger partial charge in [-0.25, -0.2) is 4.98 Å². The number of nitrogens with zero attached hydrogens (tertiary/aromatic N) is 3. The molecule has 0 aromatic carbocycles. The van der Waals surface area contributed by atoms with E-state index in [1.165, 1.54) is 12.8 Å². The Labute approximate surface area is 121 Å². The molecule has 1 saturated heterocycles. The lowest BCUT2D eigenvalue weighted by Crippen LogP contribution is -2.39. The molecule has 5 nitrogen and oxygen atoms in total. The van der Waals surface area contributed by atoms with Gasteiger partial charge in [0.25, 0.3) is 5.91 Å². The average molecular weight is 276 g/mol. The van der Waals surface area contributed by atoms with Crippen molar-refractivity contribution in [2.24, 2.45) is 0 Å². The van der Waals surface area contributed by atoms with Gasteiger partial charge in [0.1, 0.15) is 5.82 Å². The second-order valence-corrected chi connectivity index (χ2v) is 5.42. The molecule has 0 radical (unpaired) electrons. The first kappa shape index (κ1) is 14.8. The third-order valence-corrected chi connectivity index (χ3v) is 3.87. The van der Waals surface area contributed by atoms with E-state index >= 15 is 0 Å². The summed E-state index contributed by atoms with van der Waals surface area (Å²) in [6, 6.07) is 4.17. The van der Waals surface area contributed by atoms with Crippen LogP contribution < -0.4 is 5.32 Å². The zero-order chi connectivity index (χ0) is 14.5. The molecule has 2 heterocycles. The fourth-order valence-corrected chi connectivity index (χ4v) is 2.64. The number of rotatable bonds is 5. The first-order valence-electron chi connectivity index (χ1n) is 7.27. The van der Waals surface area contributed by atoms with Crippen molar-refractivity contribution in [2.75, 3.05) is 39.0 Å². The Morgan fingerprint density at radius 2 is 2.35 bits per heavy atom. The van der Waals surface area contributed by atoms with Crippen LogP contribution in [0.2, 0.25) is 0 Å². The quantitative estimate of drug-likeness (QED) is 0.889. The smallest absolute Gasteiger partial charge is 0.255 e. The Morgan fingerprint density at radius 3 is 2.90 bits per heavy atom. The predicted molar refractivity (Wildman–Crippen MR) is 81.0 cm³/mol. The highest BCUT2D eigenvalue weighted by Crippen LogP contribution is 2.16. The van der Waals surface area contributed by atoms with Crippen molar-refractivity contribution in [1.29, 1.82) is 0 Å². The fraction of sp³-hybridized carbons (Fsp3) is 0.600. The summed E-state index contributed by atoms with van der Waals surface area (Å²) >= 11 is 0. The second kappa shape index (κ2) is 6.70. The molecule has 1 unspecified atom stereocenters. The summed E-state index contributed by atoms with van der Waals surface area (Å²) in [4.78, 5) is 20.7. The average Bonchev–Trinajstić information content (AvgIpc) is 2.85. The van der Waals surface area contributed by atoms with E-state index in [1.54, 1.807) is 11.1 Å². The number of aromatic nitrogens is 1. The molecule has 1 aliphatic heterocycles. The molecule has 20 heavy (non-hydrogen) atoms. The van der Waals surface area contributed by atoms with Crippen LogP contribution in [0.1, 0.15) is 30.1 Å². The molecular weight excluding hydrogens is 252 g/mol. The summed E-state index contributed by atoms with van der Waals surface area (Å²) in [6.45, 7) is 4.76. The monoisotopic (exact) mass is 276 g/mol. The molecule has 0 bridgehead atoms. The van der Waals surface area contributed by atoms with Gasteiger partial charge in [0.15, 0.2) is 0 Å². The molecule has 0 aliphatic carbocycles. The predicted octanol–water partition coefficient (Wildman–Crippen LogP) is 1.68. The Kier molecular flexibility index (Phi) is 4.95. The van der Waals surface area contributed by atoms with Crippen LogP contribution >= 0.6 is 0 Å². The summed E-state index contributed by atoms with van der Waals surface area (Å²) in [5.41, 5.74) is 0.648. The minimum Gasteiger partial charge on any atom is -0.370 e. The number of carbonyl (C=O) groups is 1. The third kappa shape index (κ3) is 3.48. The highest BCUT2D eigenvalue weighted by Gasteiger charge is 2.24. The fourth-order valence-electron chi connectivity index (χ4n) is 2.64. The normalized spacial score (nSPS) is 19.1. The van der Waals surface area contributed by atoms with Crippen molar-refractivity contribution in [3.63, 3.8) is 0 Å². The molecule has 2 rings (SSSR count). The number of amides is 1. The number of pyridine rings is 1.